The Hall–Kier alpha value is -1.63. The maximum absolute atomic E-state index is 12.6. The average Bonchev–Trinajstić information content (AvgIpc) is 2.73. The van der Waals surface area contributed by atoms with Crippen molar-refractivity contribution in [1.82, 2.24) is 5.16 Å². The first kappa shape index (κ1) is 14.8. The van der Waals surface area contributed by atoms with Gasteiger partial charge < -0.3 is 4.52 Å². The highest BCUT2D eigenvalue weighted by molar-refractivity contribution is 7.83. The van der Waals surface area contributed by atoms with Crippen LogP contribution in [-0.2, 0) is 28.5 Å². The molecule has 0 unspecified atom stereocenters. The van der Waals surface area contributed by atoms with E-state index in [4.69, 9.17) is 4.52 Å². The van der Waals surface area contributed by atoms with Gasteiger partial charge in [0.05, 0.1) is 17.0 Å². The Morgan fingerprint density at radius 1 is 1.25 bits per heavy atom. The quantitative estimate of drug-likeness (QED) is 0.869. The van der Waals surface area contributed by atoms with E-state index < -0.39 is 22.5 Å². The van der Waals surface area contributed by atoms with Crippen molar-refractivity contribution in [2.24, 2.45) is 0 Å². The van der Waals surface area contributed by atoms with Gasteiger partial charge in [-0.2, -0.15) is 13.2 Å². The highest BCUT2D eigenvalue weighted by Crippen LogP contribution is 2.29. The number of alkyl halides is 3. The van der Waals surface area contributed by atoms with E-state index in [1.54, 1.807) is 13.0 Å². The highest BCUT2D eigenvalue weighted by atomic mass is 32.2. The van der Waals surface area contributed by atoms with Crippen LogP contribution >= 0.6 is 0 Å². The summed E-state index contributed by atoms with van der Waals surface area (Å²) in [7, 11) is -1.34. The van der Waals surface area contributed by atoms with E-state index in [0.717, 1.165) is 12.1 Å². The summed E-state index contributed by atoms with van der Waals surface area (Å²) in [6.45, 7) is 1.74. The van der Waals surface area contributed by atoms with Crippen molar-refractivity contribution in [3.63, 3.8) is 0 Å². The Morgan fingerprint density at radius 2 is 2.00 bits per heavy atom. The van der Waals surface area contributed by atoms with Gasteiger partial charge >= 0.3 is 6.18 Å². The first-order valence-electron chi connectivity index (χ1n) is 5.78. The molecule has 1 heterocycles. The summed E-state index contributed by atoms with van der Waals surface area (Å²) in [6, 6.07) is 6.51. The summed E-state index contributed by atoms with van der Waals surface area (Å²) >= 11 is 0. The molecular formula is C13H12F3NO2S. The molecule has 0 spiro atoms. The van der Waals surface area contributed by atoms with E-state index in [0.29, 0.717) is 17.0 Å². The van der Waals surface area contributed by atoms with Gasteiger partial charge in [0, 0.05) is 22.6 Å². The molecule has 0 aliphatic rings. The van der Waals surface area contributed by atoms with Crippen LogP contribution in [0.15, 0.2) is 34.9 Å². The van der Waals surface area contributed by atoms with E-state index >= 15 is 0 Å². The van der Waals surface area contributed by atoms with Crippen molar-refractivity contribution < 1.29 is 21.9 Å². The average molecular weight is 303 g/mol. The number of benzene rings is 1. The van der Waals surface area contributed by atoms with Crippen molar-refractivity contribution in [3.8, 4) is 0 Å². The molecule has 20 heavy (non-hydrogen) atoms. The van der Waals surface area contributed by atoms with Gasteiger partial charge in [-0.3, -0.25) is 4.21 Å². The minimum atomic E-state index is -4.39. The number of aryl methyl sites for hydroxylation is 1. The molecule has 0 saturated heterocycles. The molecular weight excluding hydrogens is 291 g/mol. The Balaban J connectivity index is 2.04. The van der Waals surface area contributed by atoms with Crippen LogP contribution in [0.2, 0.25) is 0 Å². The maximum Gasteiger partial charge on any atom is 0.416 e. The lowest BCUT2D eigenvalue weighted by Gasteiger charge is -2.08. The molecule has 2 aromatic rings. The fourth-order valence-electron chi connectivity index (χ4n) is 1.72. The molecule has 0 bridgehead atoms. The first-order chi connectivity index (χ1) is 9.34. The summed E-state index contributed by atoms with van der Waals surface area (Å²) in [4.78, 5) is 0. The van der Waals surface area contributed by atoms with Crippen LogP contribution in [0, 0.1) is 6.92 Å². The molecule has 7 heteroatoms. The molecule has 1 atom stereocenters. The standard InChI is InChI=1S/C13H12F3NO2S/c1-9-5-12(19-17-9)8-20(18)7-10-3-2-4-11(6-10)13(14,15)16/h2-6H,7-8H2,1H3/t20-/m1/s1. The van der Waals surface area contributed by atoms with E-state index in [9.17, 15) is 17.4 Å². The number of halogens is 3. The summed E-state index contributed by atoms with van der Waals surface area (Å²) in [6.07, 6.45) is -4.39. The number of rotatable bonds is 4. The van der Waals surface area contributed by atoms with Gasteiger partial charge in [-0.05, 0) is 18.6 Å². The minimum absolute atomic E-state index is 0.0453. The largest absolute Gasteiger partial charge is 0.416 e. The van der Waals surface area contributed by atoms with Gasteiger partial charge in [-0.25, -0.2) is 0 Å². The fourth-order valence-corrected chi connectivity index (χ4v) is 2.82. The highest BCUT2D eigenvalue weighted by Gasteiger charge is 2.30. The lowest BCUT2D eigenvalue weighted by Crippen LogP contribution is -2.06. The van der Waals surface area contributed by atoms with Crippen molar-refractivity contribution >= 4 is 10.8 Å². The molecule has 0 radical (unpaired) electrons. The second-order valence-corrected chi connectivity index (χ2v) is 5.82. The molecule has 1 aromatic carbocycles. The van der Waals surface area contributed by atoms with Crippen molar-refractivity contribution in [2.45, 2.75) is 24.6 Å². The molecule has 0 aliphatic carbocycles. The van der Waals surface area contributed by atoms with Crippen LogP contribution in [0.1, 0.15) is 22.6 Å². The van der Waals surface area contributed by atoms with Gasteiger partial charge in [0.15, 0.2) is 0 Å². The predicted octanol–water partition coefficient (Wildman–Crippen LogP) is 3.45. The van der Waals surface area contributed by atoms with Gasteiger partial charge in [0.25, 0.3) is 0 Å². The zero-order chi connectivity index (χ0) is 14.8. The van der Waals surface area contributed by atoms with Crippen LogP contribution in [0.25, 0.3) is 0 Å². The monoisotopic (exact) mass is 303 g/mol. The van der Waals surface area contributed by atoms with E-state index in [1.807, 2.05) is 0 Å². The van der Waals surface area contributed by atoms with E-state index in [-0.39, 0.29) is 11.5 Å². The minimum Gasteiger partial charge on any atom is -0.360 e. The second kappa shape index (κ2) is 5.78. The zero-order valence-corrected chi connectivity index (χ0v) is 11.4. The Labute approximate surface area is 116 Å². The number of hydrogen-bond donors (Lipinski definition) is 0. The second-order valence-electron chi connectivity index (χ2n) is 4.36. The predicted molar refractivity (Wildman–Crippen MR) is 68.2 cm³/mol. The fraction of sp³-hybridized carbons (Fsp3) is 0.308. The smallest absolute Gasteiger partial charge is 0.360 e. The Kier molecular flexibility index (Phi) is 4.27. The lowest BCUT2D eigenvalue weighted by molar-refractivity contribution is -0.137. The molecule has 0 N–H and O–H groups in total. The zero-order valence-electron chi connectivity index (χ0n) is 10.6. The van der Waals surface area contributed by atoms with Crippen LogP contribution in [0.4, 0.5) is 13.2 Å². The third-order valence-electron chi connectivity index (χ3n) is 2.56. The van der Waals surface area contributed by atoms with Crippen molar-refractivity contribution in [2.75, 3.05) is 0 Å². The normalized spacial score (nSPS) is 13.4. The number of aromatic nitrogens is 1. The molecule has 0 aliphatic heterocycles. The first-order valence-corrected chi connectivity index (χ1v) is 7.27. The Bertz CT molecular complexity index is 622. The summed E-state index contributed by atoms with van der Waals surface area (Å²) in [5, 5.41) is 3.66. The van der Waals surface area contributed by atoms with Crippen molar-refractivity contribution in [1.29, 1.82) is 0 Å². The van der Waals surface area contributed by atoms with E-state index in [2.05, 4.69) is 5.16 Å². The molecule has 3 nitrogen and oxygen atoms in total. The molecule has 2 rings (SSSR count). The summed E-state index contributed by atoms with van der Waals surface area (Å²) < 4.78 is 54.5. The maximum atomic E-state index is 12.6. The molecule has 0 saturated carbocycles. The topological polar surface area (TPSA) is 43.1 Å². The number of hydrogen-bond acceptors (Lipinski definition) is 3. The number of nitrogens with zero attached hydrogens (tertiary/aromatic N) is 1. The molecule has 0 amide bonds. The van der Waals surface area contributed by atoms with Gasteiger partial charge in [0.1, 0.15) is 5.76 Å². The third kappa shape index (κ3) is 3.93. The summed E-state index contributed by atoms with van der Waals surface area (Å²) in [5.41, 5.74) is 0.327. The van der Waals surface area contributed by atoms with Gasteiger partial charge in [-0.1, -0.05) is 23.4 Å². The van der Waals surface area contributed by atoms with Gasteiger partial charge in [0.2, 0.25) is 0 Å². The van der Waals surface area contributed by atoms with Crippen LogP contribution in [-0.4, -0.2) is 9.37 Å². The molecule has 108 valence electrons. The summed E-state index contributed by atoms with van der Waals surface area (Å²) in [5.74, 6) is 0.647. The Morgan fingerprint density at radius 3 is 2.60 bits per heavy atom. The molecule has 1 aromatic heterocycles. The van der Waals surface area contributed by atoms with Crippen LogP contribution in [0.5, 0.6) is 0 Å². The SMILES string of the molecule is Cc1cc(C[S@](=O)Cc2cccc(C(F)(F)F)c2)on1. The molecule has 0 fully saturated rings. The van der Waals surface area contributed by atoms with Crippen LogP contribution in [0.3, 0.4) is 0 Å². The van der Waals surface area contributed by atoms with E-state index in [1.165, 1.54) is 12.1 Å². The lowest BCUT2D eigenvalue weighted by atomic mass is 10.1. The van der Waals surface area contributed by atoms with Gasteiger partial charge in [-0.15, -0.1) is 0 Å². The van der Waals surface area contributed by atoms with Crippen molar-refractivity contribution in [3.05, 3.63) is 52.9 Å². The third-order valence-corrected chi connectivity index (χ3v) is 3.82. The van der Waals surface area contributed by atoms with Crippen LogP contribution < -0.4 is 0 Å².